The molecule has 0 N–H and O–H groups in total. The van der Waals surface area contributed by atoms with Crippen LogP contribution in [0.1, 0.15) is 61.8 Å². The second kappa shape index (κ2) is 5.34. The summed E-state index contributed by atoms with van der Waals surface area (Å²) in [6, 6.07) is 0. The van der Waals surface area contributed by atoms with Gasteiger partial charge in [0.15, 0.2) is 0 Å². The fourth-order valence-corrected chi connectivity index (χ4v) is 2.22. The molecule has 0 heterocycles. The van der Waals surface area contributed by atoms with E-state index in [1.807, 2.05) is 0 Å². The lowest BCUT2D eigenvalue weighted by Crippen LogP contribution is -2.56. The van der Waals surface area contributed by atoms with Crippen LogP contribution in [-0.4, -0.2) is 23.5 Å². The van der Waals surface area contributed by atoms with Crippen LogP contribution in [0, 0.1) is 11.3 Å². The molecular formula is C14H31N. The molecule has 92 valence electrons. The lowest BCUT2D eigenvalue weighted by Gasteiger charge is -2.51. The summed E-state index contributed by atoms with van der Waals surface area (Å²) in [5, 5.41) is 0. The van der Waals surface area contributed by atoms with Gasteiger partial charge in [0.25, 0.3) is 0 Å². The normalized spacial score (nSPS) is 14.0. The quantitative estimate of drug-likeness (QED) is 0.640. The zero-order chi connectivity index (χ0) is 12.3. The molecule has 0 radical (unpaired) electrons. The first-order valence-corrected chi connectivity index (χ1v) is 6.46. The first-order valence-electron chi connectivity index (χ1n) is 6.46. The minimum absolute atomic E-state index is 0.270. The summed E-state index contributed by atoms with van der Waals surface area (Å²) >= 11 is 0. The predicted molar refractivity (Wildman–Crippen MR) is 70.2 cm³/mol. The molecule has 0 unspecified atom stereocenters. The van der Waals surface area contributed by atoms with Crippen LogP contribution >= 0.6 is 0 Å². The fraction of sp³-hybridized carbons (Fsp3) is 1.00. The van der Waals surface area contributed by atoms with E-state index in [4.69, 9.17) is 0 Å². The lowest BCUT2D eigenvalue weighted by atomic mass is 9.66. The molecule has 1 nitrogen and oxygen atoms in total. The summed E-state index contributed by atoms with van der Waals surface area (Å²) in [7, 11) is 0. The summed E-state index contributed by atoms with van der Waals surface area (Å²) in [6.45, 7) is 21.2. The molecule has 0 fully saturated rings. The minimum Gasteiger partial charge on any atom is -0.298 e. The second-order valence-corrected chi connectivity index (χ2v) is 6.02. The van der Waals surface area contributed by atoms with Crippen LogP contribution in [-0.2, 0) is 0 Å². The van der Waals surface area contributed by atoms with E-state index in [2.05, 4.69) is 60.3 Å². The van der Waals surface area contributed by atoms with E-state index in [-0.39, 0.29) is 5.54 Å². The molecule has 0 atom stereocenters. The van der Waals surface area contributed by atoms with E-state index in [0.717, 1.165) is 6.54 Å². The average Bonchev–Trinajstić information content (AvgIpc) is 2.13. The molecule has 0 aliphatic rings. The summed E-state index contributed by atoms with van der Waals surface area (Å²) in [5.74, 6) is 0.707. The number of hydrogen-bond donors (Lipinski definition) is 0. The van der Waals surface area contributed by atoms with E-state index in [1.54, 1.807) is 0 Å². The first kappa shape index (κ1) is 15.0. The minimum atomic E-state index is 0.270. The largest absolute Gasteiger partial charge is 0.298 e. The monoisotopic (exact) mass is 213 g/mol. The van der Waals surface area contributed by atoms with Crippen LogP contribution in [0.2, 0.25) is 0 Å². The molecule has 0 bridgehead atoms. The third kappa shape index (κ3) is 2.96. The topological polar surface area (TPSA) is 3.24 Å². The van der Waals surface area contributed by atoms with Gasteiger partial charge in [-0.15, -0.1) is 0 Å². The van der Waals surface area contributed by atoms with Crippen molar-refractivity contribution in [3.63, 3.8) is 0 Å². The van der Waals surface area contributed by atoms with E-state index in [1.165, 1.54) is 13.0 Å². The smallest absolute Gasteiger partial charge is 0.0206 e. The summed E-state index contributed by atoms with van der Waals surface area (Å²) in [5.41, 5.74) is 0.615. The Morgan fingerprint density at radius 3 is 1.73 bits per heavy atom. The third-order valence-corrected chi connectivity index (χ3v) is 4.69. The van der Waals surface area contributed by atoms with Crippen LogP contribution in [0.5, 0.6) is 0 Å². The van der Waals surface area contributed by atoms with Crippen LogP contribution in [0.25, 0.3) is 0 Å². The highest BCUT2D eigenvalue weighted by atomic mass is 15.2. The van der Waals surface area contributed by atoms with E-state index < -0.39 is 0 Å². The van der Waals surface area contributed by atoms with Crippen molar-refractivity contribution in [2.75, 3.05) is 13.1 Å². The Morgan fingerprint density at radius 2 is 1.47 bits per heavy atom. The van der Waals surface area contributed by atoms with E-state index in [0.29, 0.717) is 11.3 Å². The molecule has 0 spiro atoms. The number of nitrogens with zero attached hydrogens (tertiary/aromatic N) is 1. The molecule has 0 saturated carbocycles. The Labute approximate surface area is 97.2 Å². The molecule has 0 aromatic rings. The van der Waals surface area contributed by atoms with Gasteiger partial charge in [0, 0.05) is 5.54 Å². The molecule has 0 aliphatic carbocycles. The lowest BCUT2D eigenvalue weighted by molar-refractivity contribution is -0.0146. The van der Waals surface area contributed by atoms with Crippen molar-refractivity contribution in [3.05, 3.63) is 0 Å². The molecular weight excluding hydrogens is 182 g/mol. The van der Waals surface area contributed by atoms with Crippen LogP contribution in [0.4, 0.5) is 0 Å². The van der Waals surface area contributed by atoms with Gasteiger partial charge in [0.05, 0.1) is 0 Å². The Bertz CT molecular complexity index is 180. The van der Waals surface area contributed by atoms with Gasteiger partial charge in [-0.3, -0.25) is 4.90 Å². The Kier molecular flexibility index (Phi) is 5.32. The van der Waals surface area contributed by atoms with Crippen LogP contribution in [0.3, 0.4) is 0 Å². The maximum absolute atomic E-state index is 2.62. The average molecular weight is 213 g/mol. The Hall–Kier alpha value is -0.0400. The third-order valence-electron chi connectivity index (χ3n) is 4.69. The molecule has 0 aromatic heterocycles. The summed E-state index contributed by atoms with van der Waals surface area (Å²) < 4.78 is 0. The van der Waals surface area contributed by atoms with E-state index in [9.17, 15) is 0 Å². The van der Waals surface area contributed by atoms with Gasteiger partial charge in [-0.25, -0.2) is 0 Å². The van der Waals surface area contributed by atoms with Crippen LogP contribution < -0.4 is 0 Å². The van der Waals surface area contributed by atoms with Gasteiger partial charge in [-0.1, -0.05) is 41.5 Å². The zero-order valence-corrected chi connectivity index (χ0v) is 12.1. The zero-order valence-electron chi connectivity index (χ0n) is 12.1. The second-order valence-electron chi connectivity index (χ2n) is 6.02. The Morgan fingerprint density at radius 1 is 1.00 bits per heavy atom. The van der Waals surface area contributed by atoms with Gasteiger partial charge in [0.1, 0.15) is 0 Å². The van der Waals surface area contributed by atoms with Crippen molar-refractivity contribution in [2.24, 2.45) is 11.3 Å². The first-order chi connectivity index (χ1) is 6.71. The summed E-state index contributed by atoms with van der Waals surface area (Å²) in [6.07, 6.45) is 1.24. The molecule has 0 rings (SSSR count). The number of hydrogen-bond acceptors (Lipinski definition) is 1. The highest BCUT2D eigenvalue weighted by Gasteiger charge is 2.42. The van der Waals surface area contributed by atoms with Gasteiger partial charge in [0.2, 0.25) is 0 Å². The summed E-state index contributed by atoms with van der Waals surface area (Å²) in [4.78, 5) is 2.62. The van der Waals surface area contributed by atoms with Crippen molar-refractivity contribution >= 4 is 0 Å². The van der Waals surface area contributed by atoms with Gasteiger partial charge in [-0.05, 0) is 44.7 Å². The molecule has 0 aliphatic heterocycles. The fourth-order valence-electron chi connectivity index (χ4n) is 2.22. The van der Waals surface area contributed by atoms with Gasteiger partial charge >= 0.3 is 0 Å². The van der Waals surface area contributed by atoms with Crippen molar-refractivity contribution in [1.82, 2.24) is 4.90 Å². The maximum atomic E-state index is 2.62. The predicted octanol–water partition coefficient (Wildman–Crippen LogP) is 4.18. The Balaban J connectivity index is 4.90. The molecule has 0 amide bonds. The van der Waals surface area contributed by atoms with Gasteiger partial charge < -0.3 is 0 Å². The van der Waals surface area contributed by atoms with Crippen molar-refractivity contribution in [3.8, 4) is 0 Å². The van der Waals surface area contributed by atoms with Crippen molar-refractivity contribution in [2.45, 2.75) is 67.3 Å². The molecule has 0 aromatic carbocycles. The highest BCUT2D eigenvalue weighted by molar-refractivity contribution is 4.96. The molecule has 15 heavy (non-hydrogen) atoms. The van der Waals surface area contributed by atoms with Crippen molar-refractivity contribution < 1.29 is 0 Å². The SMILES string of the molecule is CCCN(CC)C(C)(C)C(C)(C)C(C)C. The molecule has 0 saturated heterocycles. The number of rotatable bonds is 6. The standard InChI is InChI=1S/C14H31N/c1-9-11-15(10-2)14(7,8)13(5,6)12(3)4/h12H,9-11H2,1-8H3. The van der Waals surface area contributed by atoms with Crippen LogP contribution in [0.15, 0.2) is 0 Å². The highest BCUT2D eigenvalue weighted by Crippen LogP contribution is 2.41. The van der Waals surface area contributed by atoms with Gasteiger partial charge in [-0.2, -0.15) is 0 Å². The molecule has 1 heteroatoms. The maximum Gasteiger partial charge on any atom is 0.0206 e. The van der Waals surface area contributed by atoms with Crippen molar-refractivity contribution in [1.29, 1.82) is 0 Å². The van der Waals surface area contributed by atoms with E-state index >= 15 is 0 Å².